The lowest BCUT2D eigenvalue weighted by atomic mass is 10.4. The minimum Gasteiger partial charge on any atom is -0.310 e. The lowest BCUT2D eigenvalue weighted by molar-refractivity contribution is 0.588. The lowest BCUT2D eigenvalue weighted by Crippen LogP contribution is -2.24. The molecule has 0 aliphatic rings. The quantitative estimate of drug-likeness (QED) is 0.701. The molecule has 0 bridgehead atoms. The highest BCUT2D eigenvalue weighted by molar-refractivity contribution is 7.91. The summed E-state index contributed by atoms with van der Waals surface area (Å²) in [6.07, 6.45) is 2.28. The van der Waals surface area contributed by atoms with E-state index in [4.69, 9.17) is 0 Å². The van der Waals surface area contributed by atoms with Crippen LogP contribution in [0.15, 0.2) is 18.3 Å². The number of nitrogens with zero attached hydrogens (tertiary/aromatic N) is 2. The fourth-order valence-electron chi connectivity index (χ4n) is 1.28. The first-order chi connectivity index (χ1) is 7.64. The Labute approximate surface area is 96.2 Å². The van der Waals surface area contributed by atoms with Crippen LogP contribution < -0.4 is 5.32 Å². The van der Waals surface area contributed by atoms with E-state index in [0.29, 0.717) is 19.5 Å². The molecule has 1 heterocycles. The van der Waals surface area contributed by atoms with Gasteiger partial charge in [-0.05, 0) is 18.6 Å². The molecule has 0 saturated carbocycles. The molecular formula is C10H17N3O2S. The zero-order chi connectivity index (χ0) is 11.9. The van der Waals surface area contributed by atoms with Crippen LogP contribution in [0.25, 0.3) is 0 Å². The summed E-state index contributed by atoms with van der Waals surface area (Å²) >= 11 is 0. The van der Waals surface area contributed by atoms with Crippen molar-refractivity contribution in [3.8, 4) is 0 Å². The smallest absolute Gasteiger partial charge is 0.151 e. The van der Waals surface area contributed by atoms with Crippen LogP contribution >= 0.6 is 0 Å². The van der Waals surface area contributed by atoms with Gasteiger partial charge in [0.1, 0.15) is 0 Å². The summed E-state index contributed by atoms with van der Waals surface area (Å²) in [5.41, 5.74) is 0.815. The highest BCUT2D eigenvalue weighted by Crippen LogP contribution is 1.93. The van der Waals surface area contributed by atoms with E-state index in [1.165, 1.54) is 0 Å². The first-order valence-corrected chi connectivity index (χ1v) is 7.14. The van der Waals surface area contributed by atoms with Crippen LogP contribution in [0, 0.1) is 0 Å². The van der Waals surface area contributed by atoms with Crippen molar-refractivity contribution in [3.63, 3.8) is 0 Å². The number of hydrogen-bond donors (Lipinski definition) is 1. The molecule has 0 unspecified atom stereocenters. The van der Waals surface area contributed by atoms with E-state index in [-0.39, 0.29) is 11.5 Å². The summed E-state index contributed by atoms with van der Waals surface area (Å²) in [5.74, 6) is 0.445. The van der Waals surface area contributed by atoms with Gasteiger partial charge in [-0.25, -0.2) is 8.42 Å². The predicted molar refractivity (Wildman–Crippen MR) is 62.7 cm³/mol. The van der Waals surface area contributed by atoms with Gasteiger partial charge in [-0.1, -0.05) is 6.92 Å². The monoisotopic (exact) mass is 243 g/mol. The maximum absolute atomic E-state index is 11.4. The van der Waals surface area contributed by atoms with Gasteiger partial charge in [-0.15, -0.1) is 0 Å². The zero-order valence-corrected chi connectivity index (χ0v) is 10.2. The zero-order valence-electron chi connectivity index (χ0n) is 9.39. The number of sulfone groups is 1. The Balaban J connectivity index is 2.22. The van der Waals surface area contributed by atoms with Gasteiger partial charge < -0.3 is 5.32 Å². The highest BCUT2D eigenvalue weighted by Gasteiger charge is 2.07. The molecule has 0 saturated heterocycles. The Kier molecular flexibility index (Phi) is 5.34. The van der Waals surface area contributed by atoms with Crippen LogP contribution in [-0.4, -0.2) is 36.7 Å². The average Bonchev–Trinajstić information content (AvgIpc) is 2.26. The Morgan fingerprint density at radius 1 is 1.38 bits per heavy atom. The van der Waals surface area contributed by atoms with Crippen molar-refractivity contribution in [3.05, 3.63) is 24.0 Å². The largest absolute Gasteiger partial charge is 0.310 e. The highest BCUT2D eigenvalue weighted by atomic mass is 32.2. The lowest BCUT2D eigenvalue weighted by Gasteiger charge is -2.04. The van der Waals surface area contributed by atoms with E-state index in [0.717, 1.165) is 5.69 Å². The van der Waals surface area contributed by atoms with Crippen LogP contribution in [-0.2, 0) is 16.4 Å². The summed E-state index contributed by atoms with van der Waals surface area (Å²) in [5, 5.41) is 10.7. The normalized spacial score (nSPS) is 11.6. The molecule has 1 N–H and O–H groups in total. The Bertz CT molecular complexity index is 392. The molecule has 0 aromatic carbocycles. The number of aromatic nitrogens is 2. The molecule has 16 heavy (non-hydrogen) atoms. The maximum Gasteiger partial charge on any atom is 0.151 e. The number of nitrogens with one attached hydrogen (secondary N) is 1. The molecule has 5 nitrogen and oxygen atoms in total. The van der Waals surface area contributed by atoms with E-state index >= 15 is 0 Å². The predicted octanol–water partition coefficient (Wildman–Crippen LogP) is 0.391. The fraction of sp³-hybridized carbons (Fsp3) is 0.600. The van der Waals surface area contributed by atoms with Gasteiger partial charge in [0.25, 0.3) is 0 Å². The van der Waals surface area contributed by atoms with Gasteiger partial charge in [0, 0.05) is 25.0 Å². The van der Waals surface area contributed by atoms with Crippen LogP contribution in [0.2, 0.25) is 0 Å². The average molecular weight is 243 g/mol. The summed E-state index contributed by atoms with van der Waals surface area (Å²) in [6.45, 7) is 2.87. The third kappa shape index (κ3) is 5.18. The first-order valence-electron chi connectivity index (χ1n) is 5.32. The summed E-state index contributed by atoms with van der Waals surface area (Å²) in [4.78, 5) is 0. The number of rotatable bonds is 7. The fourth-order valence-corrected chi connectivity index (χ4v) is 2.57. The summed E-state index contributed by atoms with van der Waals surface area (Å²) < 4.78 is 22.7. The van der Waals surface area contributed by atoms with E-state index in [1.807, 2.05) is 13.0 Å². The van der Waals surface area contributed by atoms with Gasteiger partial charge >= 0.3 is 0 Å². The topological polar surface area (TPSA) is 72.0 Å². The second-order valence-corrected chi connectivity index (χ2v) is 5.85. The van der Waals surface area contributed by atoms with Crippen molar-refractivity contribution in [1.82, 2.24) is 15.5 Å². The SMILES string of the molecule is CCCS(=O)(=O)CCNCc1cccnn1. The molecule has 0 amide bonds. The molecule has 0 spiro atoms. The van der Waals surface area contributed by atoms with Crippen LogP contribution in [0.4, 0.5) is 0 Å². The van der Waals surface area contributed by atoms with E-state index < -0.39 is 9.84 Å². The standard InChI is InChI=1S/C10H17N3O2S/c1-2-7-16(14,15)8-6-11-9-10-4-3-5-12-13-10/h3-5,11H,2,6-9H2,1H3. The second kappa shape index (κ2) is 6.55. The third-order valence-electron chi connectivity index (χ3n) is 2.04. The molecule has 0 radical (unpaired) electrons. The Morgan fingerprint density at radius 3 is 2.81 bits per heavy atom. The Morgan fingerprint density at radius 2 is 2.19 bits per heavy atom. The van der Waals surface area contributed by atoms with E-state index in [9.17, 15) is 8.42 Å². The van der Waals surface area contributed by atoms with Crippen molar-refractivity contribution in [2.24, 2.45) is 0 Å². The molecule has 6 heteroatoms. The first kappa shape index (κ1) is 13.1. The molecular weight excluding hydrogens is 226 g/mol. The molecule has 0 aliphatic carbocycles. The minimum absolute atomic E-state index is 0.182. The summed E-state index contributed by atoms with van der Waals surface area (Å²) in [6, 6.07) is 3.65. The van der Waals surface area contributed by atoms with Crippen molar-refractivity contribution in [2.75, 3.05) is 18.1 Å². The van der Waals surface area contributed by atoms with Crippen LogP contribution in [0.3, 0.4) is 0 Å². The van der Waals surface area contributed by atoms with Crippen molar-refractivity contribution < 1.29 is 8.42 Å². The van der Waals surface area contributed by atoms with Gasteiger partial charge in [0.15, 0.2) is 9.84 Å². The minimum atomic E-state index is -2.88. The van der Waals surface area contributed by atoms with Gasteiger partial charge in [-0.2, -0.15) is 10.2 Å². The van der Waals surface area contributed by atoms with Gasteiger partial charge in [0.05, 0.1) is 11.4 Å². The summed E-state index contributed by atoms with van der Waals surface area (Å²) in [7, 11) is -2.88. The Hall–Kier alpha value is -1.01. The van der Waals surface area contributed by atoms with Crippen molar-refractivity contribution in [1.29, 1.82) is 0 Å². The molecule has 1 aromatic heterocycles. The molecule has 0 fully saturated rings. The van der Waals surface area contributed by atoms with E-state index in [2.05, 4.69) is 15.5 Å². The molecule has 1 rings (SSSR count). The van der Waals surface area contributed by atoms with Crippen molar-refractivity contribution in [2.45, 2.75) is 19.9 Å². The van der Waals surface area contributed by atoms with E-state index in [1.54, 1.807) is 12.3 Å². The van der Waals surface area contributed by atoms with Crippen LogP contribution in [0.5, 0.6) is 0 Å². The third-order valence-corrected chi connectivity index (χ3v) is 3.90. The molecule has 0 atom stereocenters. The second-order valence-electron chi connectivity index (χ2n) is 3.54. The molecule has 1 aromatic rings. The van der Waals surface area contributed by atoms with Gasteiger partial charge in [0.2, 0.25) is 0 Å². The van der Waals surface area contributed by atoms with Gasteiger partial charge in [-0.3, -0.25) is 0 Å². The number of hydrogen-bond acceptors (Lipinski definition) is 5. The van der Waals surface area contributed by atoms with Crippen LogP contribution in [0.1, 0.15) is 19.0 Å². The molecule has 0 aliphatic heterocycles. The maximum atomic E-state index is 11.4. The molecule has 90 valence electrons. The van der Waals surface area contributed by atoms with Crippen molar-refractivity contribution >= 4 is 9.84 Å².